The van der Waals surface area contributed by atoms with Gasteiger partial charge in [-0.15, -0.1) is 0 Å². The largest absolute Gasteiger partial charge is 0.790 e. The summed E-state index contributed by atoms with van der Waals surface area (Å²) in [6.07, 6.45) is -4.43. The first-order valence-electron chi connectivity index (χ1n) is 12.9. The van der Waals surface area contributed by atoms with Gasteiger partial charge in [-0.05, 0) is 53.1 Å². The van der Waals surface area contributed by atoms with Crippen molar-refractivity contribution < 1.29 is 43.6 Å². The number of ether oxygens (including phenoxy) is 1. The van der Waals surface area contributed by atoms with Gasteiger partial charge in [0.15, 0.2) is 23.2 Å². The fraction of sp³-hybridized carbons (Fsp3) is 0.773. The summed E-state index contributed by atoms with van der Waals surface area (Å²) in [5, 5.41) is 20.0. The highest BCUT2D eigenvalue weighted by Gasteiger charge is 2.45. The van der Waals surface area contributed by atoms with Crippen LogP contribution in [0.1, 0.15) is 47.8 Å². The average Bonchev–Trinajstić information content (AvgIpc) is 3.36. The van der Waals surface area contributed by atoms with E-state index in [4.69, 9.17) is 22.1 Å². The molecule has 38 heavy (non-hydrogen) atoms. The van der Waals surface area contributed by atoms with Crippen LogP contribution in [0.2, 0.25) is 5.28 Å². The topological polar surface area (TPSA) is 201 Å². The van der Waals surface area contributed by atoms with Gasteiger partial charge in [-0.2, -0.15) is 0 Å². The summed E-state index contributed by atoms with van der Waals surface area (Å²) in [5.41, 5.74) is 5.97. The SMILES string of the molecule is CC[NH+](CC)CC.CC[NH+](CC)CC.Nc1ncnc2c1nc(Cl)n2C1OC(COP(=O)([O-])[O-])C(O)C1O. The summed E-state index contributed by atoms with van der Waals surface area (Å²) in [4.78, 5) is 36.1. The molecular formula is C22H43ClN7O7P. The van der Waals surface area contributed by atoms with E-state index in [1.807, 2.05) is 0 Å². The molecule has 14 nitrogen and oxygen atoms in total. The van der Waals surface area contributed by atoms with Crippen LogP contribution in [0.4, 0.5) is 5.82 Å². The molecule has 1 saturated heterocycles. The minimum atomic E-state index is -5.25. The Bertz CT molecular complexity index is 981. The Kier molecular flexibility index (Phi) is 15.1. The monoisotopic (exact) mass is 583 g/mol. The standard InChI is InChI=1S/C10H13ClN5O7P.2C6H15N/c11-10-15-4-7(12)13-2-14-8(4)16(10)9-6(18)5(17)3(23-9)1-22-24(19,20)21;2*1-4-7(5-2)6-3/h2-3,5-6,9,17-18H,1H2,(H2,12,13,14)(H2,19,20,21);2*4-6H2,1-3H3. The number of phosphoric ester groups is 1. The molecule has 1 aliphatic rings. The number of nitrogens with zero attached hydrogens (tertiary/aromatic N) is 4. The molecule has 0 aliphatic carbocycles. The van der Waals surface area contributed by atoms with Crippen LogP contribution in [-0.4, -0.2) is 93.9 Å². The van der Waals surface area contributed by atoms with E-state index in [9.17, 15) is 24.6 Å². The molecule has 0 spiro atoms. The lowest BCUT2D eigenvalue weighted by atomic mass is 10.1. The van der Waals surface area contributed by atoms with E-state index in [1.54, 1.807) is 9.80 Å². The lowest BCUT2D eigenvalue weighted by molar-refractivity contribution is -0.894. The van der Waals surface area contributed by atoms with Crippen LogP contribution in [0.15, 0.2) is 6.33 Å². The third-order valence-corrected chi connectivity index (χ3v) is 7.18. The fourth-order valence-corrected chi connectivity index (χ4v) is 4.46. The minimum absolute atomic E-state index is 0.0483. The molecule has 2 aromatic heterocycles. The summed E-state index contributed by atoms with van der Waals surface area (Å²) in [7, 11) is -5.25. The van der Waals surface area contributed by atoms with Gasteiger partial charge in [-0.3, -0.25) is 4.57 Å². The predicted molar refractivity (Wildman–Crippen MR) is 139 cm³/mol. The van der Waals surface area contributed by atoms with Crippen LogP contribution >= 0.6 is 19.4 Å². The summed E-state index contributed by atoms with van der Waals surface area (Å²) >= 11 is 6.01. The Labute approximate surface area is 229 Å². The lowest BCUT2D eigenvalue weighted by Crippen LogP contribution is -3.11. The van der Waals surface area contributed by atoms with E-state index < -0.39 is 39.0 Å². The van der Waals surface area contributed by atoms with E-state index in [0.717, 1.165) is 10.9 Å². The molecule has 0 bridgehead atoms. The number of quaternary nitrogens is 2. The molecule has 6 N–H and O–H groups in total. The van der Waals surface area contributed by atoms with Gasteiger partial charge in [0.05, 0.1) is 53.7 Å². The van der Waals surface area contributed by atoms with Gasteiger partial charge >= 0.3 is 0 Å². The van der Waals surface area contributed by atoms with Gasteiger partial charge in [-0.1, -0.05) is 0 Å². The van der Waals surface area contributed by atoms with Gasteiger partial charge in [0, 0.05) is 0 Å². The summed E-state index contributed by atoms with van der Waals surface area (Å²) in [6.45, 7) is 20.2. The van der Waals surface area contributed by atoms with Crippen molar-refractivity contribution in [1.29, 1.82) is 0 Å². The average molecular weight is 584 g/mol. The highest BCUT2D eigenvalue weighted by atomic mass is 35.5. The van der Waals surface area contributed by atoms with Crippen molar-refractivity contribution in [3.63, 3.8) is 0 Å². The molecular weight excluding hydrogens is 541 g/mol. The molecule has 3 rings (SSSR count). The number of hydrogen-bond acceptors (Lipinski definition) is 11. The van der Waals surface area contributed by atoms with Crippen molar-refractivity contribution in [3.05, 3.63) is 11.6 Å². The Morgan fingerprint density at radius 2 is 1.53 bits per heavy atom. The van der Waals surface area contributed by atoms with E-state index in [-0.39, 0.29) is 22.3 Å². The van der Waals surface area contributed by atoms with Crippen LogP contribution in [0, 0.1) is 0 Å². The molecule has 220 valence electrons. The normalized spacial score (nSPS) is 21.4. The maximum Gasteiger partial charge on any atom is 0.207 e. The molecule has 4 atom stereocenters. The van der Waals surface area contributed by atoms with Gasteiger partial charge in [0.2, 0.25) is 5.28 Å². The van der Waals surface area contributed by atoms with Crippen molar-refractivity contribution in [2.75, 3.05) is 51.6 Å². The molecule has 3 heterocycles. The Balaban J connectivity index is 0.000000426. The van der Waals surface area contributed by atoms with Crippen molar-refractivity contribution in [1.82, 2.24) is 19.5 Å². The zero-order valence-electron chi connectivity index (χ0n) is 23.0. The molecule has 1 aliphatic heterocycles. The first kappa shape index (κ1) is 34.6. The minimum Gasteiger partial charge on any atom is -0.790 e. The van der Waals surface area contributed by atoms with Crippen LogP contribution < -0.4 is 25.3 Å². The highest BCUT2D eigenvalue weighted by Crippen LogP contribution is 2.36. The zero-order valence-corrected chi connectivity index (χ0v) is 24.6. The molecule has 0 amide bonds. The first-order chi connectivity index (χ1) is 17.9. The summed E-state index contributed by atoms with van der Waals surface area (Å²) < 4.78 is 21.1. The molecule has 1 fully saturated rings. The first-order valence-corrected chi connectivity index (χ1v) is 14.7. The number of halogens is 1. The molecule has 0 aromatic carbocycles. The summed E-state index contributed by atoms with van der Waals surface area (Å²) in [6, 6.07) is 0. The molecule has 2 aromatic rings. The molecule has 0 radical (unpaired) electrons. The third-order valence-electron chi connectivity index (χ3n) is 6.45. The van der Waals surface area contributed by atoms with Crippen molar-refractivity contribution >= 4 is 36.4 Å². The summed E-state index contributed by atoms with van der Waals surface area (Å²) in [5.74, 6) is 0.0483. The number of rotatable bonds is 10. The Morgan fingerprint density at radius 1 is 1.03 bits per heavy atom. The van der Waals surface area contributed by atoms with Crippen molar-refractivity contribution in [3.8, 4) is 0 Å². The van der Waals surface area contributed by atoms with Gasteiger partial charge < -0.3 is 49.4 Å². The Morgan fingerprint density at radius 3 is 1.95 bits per heavy atom. The number of anilines is 1. The van der Waals surface area contributed by atoms with Gasteiger partial charge in [0.25, 0.3) is 0 Å². The third kappa shape index (κ3) is 9.94. The van der Waals surface area contributed by atoms with E-state index in [2.05, 4.69) is 61.0 Å². The smallest absolute Gasteiger partial charge is 0.207 e. The number of hydrogen-bond donors (Lipinski definition) is 5. The van der Waals surface area contributed by atoms with E-state index >= 15 is 0 Å². The molecule has 0 saturated carbocycles. The van der Waals surface area contributed by atoms with Crippen LogP contribution in [0.3, 0.4) is 0 Å². The number of fused-ring (bicyclic) bond motifs is 1. The number of aliphatic hydroxyl groups excluding tert-OH is 2. The molecule has 16 heteroatoms. The lowest BCUT2D eigenvalue weighted by Gasteiger charge is -2.30. The number of nitrogens with one attached hydrogen (secondary N) is 2. The number of phosphoric acid groups is 1. The van der Waals surface area contributed by atoms with Crippen molar-refractivity contribution in [2.24, 2.45) is 0 Å². The van der Waals surface area contributed by atoms with E-state index in [1.165, 1.54) is 39.3 Å². The van der Waals surface area contributed by atoms with E-state index in [0.29, 0.717) is 0 Å². The number of nitrogens with two attached hydrogens (primary N) is 1. The second-order valence-electron chi connectivity index (χ2n) is 8.59. The predicted octanol–water partition coefficient (Wildman–Crippen LogP) is -2.61. The van der Waals surface area contributed by atoms with Crippen LogP contribution in [0.25, 0.3) is 11.2 Å². The van der Waals surface area contributed by atoms with Crippen molar-refractivity contribution in [2.45, 2.75) is 66.1 Å². The molecule has 4 unspecified atom stereocenters. The second kappa shape index (κ2) is 16.6. The van der Waals surface area contributed by atoms with Crippen LogP contribution in [-0.2, 0) is 13.8 Å². The highest BCUT2D eigenvalue weighted by molar-refractivity contribution is 7.43. The second-order valence-corrected chi connectivity index (χ2v) is 10.1. The maximum atomic E-state index is 10.5. The number of aromatic nitrogens is 4. The maximum absolute atomic E-state index is 10.5. The quantitative estimate of drug-likeness (QED) is 0.145. The Hall–Kier alpha value is -1.45. The number of aliphatic hydroxyl groups is 2. The number of nitrogen functional groups attached to an aromatic ring is 1. The van der Waals surface area contributed by atoms with Crippen LogP contribution in [0.5, 0.6) is 0 Å². The van der Waals surface area contributed by atoms with Gasteiger partial charge in [0.1, 0.15) is 24.6 Å². The number of imidazole rings is 1. The fourth-order valence-electron chi connectivity index (χ4n) is 3.87. The van der Waals surface area contributed by atoms with Gasteiger partial charge in [-0.25, -0.2) is 15.0 Å². The zero-order chi connectivity index (χ0) is 29.0.